The van der Waals surface area contributed by atoms with E-state index in [1.54, 1.807) is 0 Å². The topological polar surface area (TPSA) is 17.1 Å². The Labute approximate surface area is 74.9 Å². The molecule has 1 heteroatoms. The molecule has 0 atom stereocenters. The van der Waals surface area contributed by atoms with Crippen molar-refractivity contribution in [2.75, 3.05) is 0 Å². The molecule has 0 heterocycles. The lowest BCUT2D eigenvalue weighted by atomic mass is 9.83. The van der Waals surface area contributed by atoms with Gasteiger partial charge in [0.05, 0.1) is 0 Å². The monoisotopic (exact) mass is 166 g/mol. The molecule has 0 aliphatic heterocycles. The summed E-state index contributed by atoms with van der Waals surface area (Å²) in [5, 5.41) is 0. The molecule has 0 aromatic carbocycles. The second-order valence-electron chi connectivity index (χ2n) is 4.17. The maximum Gasteiger partial charge on any atom is 0.129 e. The van der Waals surface area contributed by atoms with Gasteiger partial charge in [0.15, 0.2) is 0 Å². The maximum atomic E-state index is 10.8. The zero-order valence-electron chi connectivity index (χ0n) is 8.10. The zero-order valence-corrected chi connectivity index (χ0v) is 8.10. The minimum absolute atomic E-state index is 0.218. The van der Waals surface area contributed by atoms with Gasteiger partial charge in [-0.25, -0.2) is 0 Å². The Bertz CT molecular complexity index is 189. The molecule has 0 aromatic rings. The molecule has 0 saturated carbocycles. The van der Waals surface area contributed by atoms with E-state index < -0.39 is 0 Å². The highest BCUT2D eigenvalue weighted by atomic mass is 16.1. The van der Waals surface area contributed by atoms with Gasteiger partial charge in [0.2, 0.25) is 0 Å². The fraction of sp³-hybridized carbons (Fsp3) is 0.727. The fourth-order valence-electron chi connectivity index (χ4n) is 1.68. The molecule has 1 rings (SSSR count). The summed E-state index contributed by atoms with van der Waals surface area (Å²) in [5.74, 6) is 0. The predicted octanol–water partition coefficient (Wildman–Crippen LogP) is 3.10. The molecule has 0 radical (unpaired) electrons. The second-order valence-corrected chi connectivity index (χ2v) is 4.17. The number of carbonyl (C=O) groups excluding carboxylic acids is 1. The first kappa shape index (κ1) is 9.50. The lowest BCUT2D eigenvalue weighted by Gasteiger charge is -2.20. The highest BCUT2D eigenvalue weighted by Gasteiger charge is 2.22. The summed E-state index contributed by atoms with van der Waals surface area (Å²) in [6.45, 7) is 4.02. The molecule has 0 spiro atoms. The first-order valence-corrected chi connectivity index (χ1v) is 4.82. The summed E-state index contributed by atoms with van der Waals surface area (Å²) in [6, 6.07) is 0. The van der Waals surface area contributed by atoms with E-state index in [-0.39, 0.29) is 5.41 Å². The van der Waals surface area contributed by atoms with Gasteiger partial charge in [0, 0.05) is 5.41 Å². The summed E-state index contributed by atoms with van der Waals surface area (Å²) in [7, 11) is 0. The molecule has 0 fully saturated rings. The molecule has 1 nitrogen and oxygen atoms in total. The number of rotatable bonds is 2. The largest absolute Gasteiger partial charge is 0.302 e. The lowest BCUT2D eigenvalue weighted by molar-refractivity contribution is -0.113. The SMILES string of the molecule is CC(C)(C=O)C1=CCCCCC1. The van der Waals surface area contributed by atoms with Crippen molar-refractivity contribution < 1.29 is 4.79 Å². The summed E-state index contributed by atoms with van der Waals surface area (Å²) in [6.07, 6.45) is 9.47. The Balaban J connectivity index is 2.70. The van der Waals surface area contributed by atoms with Crippen molar-refractivity contribution in [3.63, 3.8) is 0 Å². The normalized spacial score (nSPS) is 19.7. The number of hydrogen-bond acceptors (Lipinski definition) is 1. The van der Waals surface area contributed by atoms with Crippen LogP contribution in [0.1, 0.15) is 46.0 Å². The van der Waals surface area contributed by atoms with Crippen LogP contribution in [0.3, 0.4) is 0 Å². The van der Waals surface area contributed by atoms with E-state index in [2.05, 4.69) is 6.08 Å². The van der Waals surface area contributed by atoms with Gasteiger partial charge in [-0.05, 0) is 39.5 Å². The zero-order chi connectivity index (χ0) is 9.03. The highest BCUT2D eigenvalue weighted by molar-refractivity contribution is 5.63. The third kappa shape index (κ3) is 2.20. The quantitative estimate of drug-likeness (QED) is 0.455. The third-order valence-electron chi connectivity index (χ3n) is 2.66. The van der Waals surface area contributed by atoms with E-state index >= 15 is 0 Å². The van der Waals surface area contributed by atoms with Gasteiger partial charge in [-0.15, -0.1) is 0 Å². The molecule has 0 saturated heterocycles. The molecule has 12 heavy (non-hydrogen) atoms. The van der Waals surface area contributed by atoms with Crippen LogP contribution in [-0.2, 0) is 4.79 Å². The van der Waals surface area contributed by atoms with Crippen LogP contribution in [-0.4, -0.2) is 6.29 Å². The van der Waals surface area contributed by atoms with Crippen LogP contribution >= 0.6 is 0 Å². The van der Waals surface area contributed by atoms with Crippen molar-refractivity contribution in [1.29, 1.82) is 0 Å². The summed E-state index contributed by atoms with van der Waals surface area (Å²) in [4.78, 5) is 10.8. The van der Waals surface area contributed by atoms with Gasteiger partial charge in [-0.3, -0.25) is 0 Å². The Morgan fingerprint density at radius 2 is 2.08 bits per heavy atom. The molecule has 0 amide bonds. The molecule has 1 aliphatic rings. The van der Waals surface area contributed by atoms with Crippen molar-refractivity contribution in [1.82, 2.24) is 0 Å². The first-order chi connectivity index (χ1) is 5.67. The molecule has 0 N–H and O–H groups in total. The van der Waals surface area contributed by atoms with Crippen LogP contribution in [0.25, 0.3) is 0 Å². The maximum absolute atomic E-state index is 10.8. The van der Waals surface area contributed by atoms with Gasteiger partial charge >= 0.3 is 0 Å². The van der Waals surface area contributed by atoms with Gasteiger partial charge in [0.25, 0.3) is 0 Å². The van der Waals surface area contributed by atoms with Crippen molar-refractivity contribution in [2.24, 2.45) is 5.41 Å². The van der Waals surface area contributed by atoms with Gasteiger partial charge in [-0.2, -0.15) is 0 Å². The van der Waals surface area contributed by atoms with E-state index in [4.69, 9.17) is 0 Å². The van der Waals surface area contributed by atoms with Crippen LogP contribution in [0.2, 0.25) is 0 Å². The van der Waals surface area contributed by atoms with Crippen LogP contribution < -0.4 is 0 Å². The average molecular weight is 166 g/mol. The molecule has 0 bridgehead atoms. The summed E-state index contributed by atoms with van der Waals surface area (Å²) in [5.41, 5.74) is 1.12. The predicted molar refractivity (Wildman–Crippen MR) is 51.0 cm³/mol. The van der Waals surface area contributed by atoms with Crippen LogP contribution in [0.5, 0.6) is 0 Å². The summed E-state index contributed by atoms with van der Waals surface area (Å²) >= 11 is 0. The Hall–Kier alpha value is -0.590. The van der Waals surface area contributed by atoms with Crippen molar-refractivity contribution in [3.05, 3.63) is 11.6 Å². The average Bonchev–Trinajstić information content (AvgIpc) is 2.32. The first-order valence-electron chi connectivity index (χ1n) is 4.82. The van der Waals surface area contributed by atoms with Gasteiger partial charge < -0.3 is 4.79 Å². The van der Waals surface area contributed by atoms with E-state index in [1.807, 2.05) is 13.8 Å². The van der Waals surface area contributed by atoms with Crippen LogP contribution in [0.4, 0.5) is 0 Å². The van der Waals surface area contributed by atoms with E-state index in [0.717, 1.165) is 19.1 Å². The Morgan fingerprint density at radius 3 is 2.75 bits per heavy atom. The fourth-order valence-corrected chi connectivity index (χ4v) is 1.68. The van der Waals surface area contributed by atoms with E-state index in [1.165, 1.54) is 24.8 Å². The lowest BCUT2D eigenvalue weighted by Crippen LogP contribution is -2.16. The van der Waals surface area contributed by atoms with Crippen molar-refractivity contribution in [3.8, 4) is 0 Å². The van der Waals surface area contributed by atoms with E-state index in [9.17, 15) is 4.79 Å². The molecular formula is C11H18O. The van der Waals surface area contributed by atoms with Crippen molar-refractivity contribution in [2.45, 2.75) is 46.0 Å². The molecule has 0 aromatic heterocycles. The number of aldehydes is 1. The van der Waals surface area contributed by atoms with Crippen LogP contribution in [0.15, 0.2) is 11.6 Å². The number of allylic oxidation sites excluding steroid dienone is 2. The molecular weight excluding hydrogens is 148 g/mol. The third-order valence-corrected chi connectivity index (χ3v) is 2.66. The summed E-state index contributed by atoms with van der Waals surface area (Å²) < 4.78 is 0. The smallest absolute Gasteiger partial charge is 0.129 e. The van der Waals surface area contributed by atoms with E-state index in [0.29, 0.717) is 0 Å². The van der Waals surface area contributed by atoms with Crippen LogP contribution in [0, 0.1) is 5.41 Å². The minimum atomic E-state index is -0.218. The van der Waals surface area contributed by atoms with Crippen molar-refractivity contribution >= 4 is 6.29 Å². The minimum Gasteiger partial charge on any atom is -0.302 e. The number of carbonyl (C=O) groups is 1. The second kappa shape index (κ2) is 3.88. The molecule has 68 valence electrons. The van der Waals surface area contributed by atoms with Gasteiger partial charge in [0.1, 0.15) is 6.29 Å². The van der Waals surface area contributed by atoms with Gasteiger partial charge in [-0.1, -0.05) is 18.1 Å². The molecule has 1 aliphatic carbocycles. The Kier molecular flexibility index (Phi) is 3.07. The highest BCUT2D eigenvalue weighted by Crippen LogP contribution is 2.30. The standard InChI is InChI=1S/C11H18O/c1-11(2,9-12)10-7-5-3-4-6-8-10/h7,9H,3-6,8H2,1-2H3. The number of hydrogen-bond donors (Lipinski definition) is 0. The molecule has 0 unspecified atom stereocenters. The Morgan fingerprint density at radius 1 is 1.33 bits per heavy atom.